The van der Waals surface area contributed by atoms with E-state index in [2.05, 4.69) is 16.8 Å². The van der Waals surface area contributed by atoms with Crippen LogP contribution in [0.15, 0.2) is 0 Å². The third-order valence-corrected chi connectivity index (χ3v) is 3.86. The Morgan fingerprint density at radius 1 is 1.20 bits per heavy atom. The Morgan fingerprint density at radius 2 is 1.87 bits per heavy atom. The second-order valence-electron chi connectivity index (χ2n) is 5.41. The van der Waals surface area contributed by atoms with E-state index in [1.807, 2.05) is 0 Å². The van der Waals surface area contributed by atoms with Gasteiger partial charge in [-0.1, -0.05) is 0 Å². The third kappa shape index (κ3) is 3.44. The number of rotatable bonds is 4. The molecule has 0 spiro atoms. The van der Waals surface area contributed by atoms with E-state index in [9.17, 15) is 0 Å². The van der Waals surface area contributed by atoms with Crippen molar-refractivity contribution >= 4 is 0 Å². The zero-order valence-corrected chi connectivity index (χ0v) is 9.99. The van der Waals surface area contributed by atoms with Gasteiger partial charge in [0.1, 0.15) is 0 Å². The molecule has 0 atom stereocenters. The molecule has 0 bridgehead atoms. The van der Waals surface area contributed by atoms with Gasteiger partial charge in [0, 0.05) is 19.1 Å². The molecular weight excluding hydrogens is 186 g/mol. The monoisotopic (exact) mass is 211 g/mol. The van der Waals surface area contributed by atoms with Gasteiger partial charge in [-0.2, -0.15) is 0 Å². The molecule has 2 saturated heterocycles. The summed E-state index contributed by atoms with van der Waals surface area (Å²) in [7, 11) is 2.21. The molecule has 0 aromatic rings. The molecule has 0 saturated carbocycles. The summed E-state index contributed by atoms with van der Waals surface area (Å²) in [4.78, 5) is 5.00. The number of hydrogen-bond acceptors (Lipinski definition) is 3. The average molecular weight is 211 g/mol. The molecule has 2 fully saturated rings. The molecule has 2 heterocycles. The van der Waals surface area contributed by atoms with Crippen LogP contribution in [0.25, 0.3) is 0 Å². The largest absolute Gasteiger partial charge is 0.328 e. The highest BCUT2D eigenvalue weighted by Gasteiger charge is 2.23. The third-order valence-electron chi connectivity index (χ3n) is 3.86. The minimum Gasteiger partial charge on any atom is -0.328 e. The van der Waals surface area contributed by atoms with E-state index in [0.717, 1.165) is 5.92 Å². The Morgan fingerprint density at radius 3 is 2.47 bits per heavy atom. The molecule has 0 aliphatic carbocycles. The Labute approximate surface area is 93.6 Å². The topological polar surface area (TPSA) is 32.5 Å². The number of nitrogens with two attached hydrogens (primary N) is 1. The van der Waals surface area contributed by atoms with Crippen molar-refractivity contribution in [2.24, 2.45) is 11.7 Å². The number of piperidine rings is 1. The van der Waals surface area contributed by atoms with Crippen molar-refractivity contribution in [1.29, 1.82) is 0 Å². The zero-order chi connectivity index (χ0) is 10.7. The SMILES string of the molecule is CN1CC(CCCN2CCC(N)CC2)C1. The highest BCUT2D eigenvalue weighted by Crippen LogP contribution is 2.19. The van der Waals surface area contributed by atoms with Gasteiger partial charge in [-0.25, -0.2) is 0 Å². The first-order chi connectivity index (χ1) is 7.24. The van der Waals surface area contributed by atoms with Crippen molar-refractivity contribution in [1.82, 2.24) is 9.80 Å². The fourth-order valence-corrected chi connectivity index (χ4v) is 2.79. The molecule has 2 aliphatic heterocycles. The fourth-order valence-electron chi connectivity index (χ4n) is 2.79. The first-order valence-electron chi connectivity index (χ1n) is 6.40. The molecule has 0 unspecified atom stereocenters. The van der Waals surface area contributed by atoms with Crippen LogP contribution in [0.4, 0.5) is 0 Å². The number of nitrogens with zero attached hydrogens (tertiary/aromatic N) is 2. The molecule has 2 N–H and O–H groups in total. The van der Waals surface area contributed by atoms with Gasteiger partial charge in [-0.05, 0) is 58.3 Å². The molecular formula is C12H25N3. The second-order valence-corrected chi connectivity index (χ2v) is 5.41. The normalized spacial score (nSPS) is 26.8. The molecule has 3 heteroatoms. The van der Waals surface area contributed by atoms with Crippen LogP contribution in [0.2, 0.25) is 0 Å². The standard InChI is InChI=1S/C12H25N3/c1-14-9-11(10-14)3-2-6-15-7-4-12(13)5-8-15/h11-12H,2-10,13H2,1H3. The minimum absolute atomic E-state index is 0.474. The van der Waals surface area contributed by atoms with Gasteiger partial charge < -0.3 is 15.5 Å². The van der Waals surface area contributed by atoms with Crippen molar-refractivity contribution in [3.63, 3.8) is 0 Å². The van der Waals surface area contributed by atoms with Crippen LogP contribution in [0.3, 0.4) is 0 Å². The Balaban J connectivity index is 1.51. The van der Waals surface area contributed by atoms with Crippen molar-refractivity contribution in [2.75, 3.05) is 39.8 Å². The van der Waals surface area contributed by atoms with Crippen molar-refractivity contribution in [3.8, 4) is 0 Å². The van der Waals surface area contributed by atoms with E-state index in [-0.39, 0.29) is 0 Å². The molecule has 15 heavy (non-hydrogen) atoms. The van der Waals surface area contributed by atoms with Crippen LogP contribution in [0, 0.1) is 5.92 Å². The Kier molecular flexibility index (Phi) is 4.00. The van der Waals surface area contributed by atoms with E-state index in [1.165, 1.54) is 58.4 Å². The highest BCUT2D eigenvalue weighted by molar-refractivity contribution is 4.78. The zero-order valence-electron chi connectivity index (χ0n) is 9.99. The number of likely N-dealkylation sites (tertiary alicyclic amines) is 2. The van der Waals surface area contributed by atoms with Gasteiger partial charge in [0.2, 0.25) is 0 Å². The van der Waals surface area contributed by atoms with E-state index in [0.29, 0.717) is 6.04 Å². The molecule has 0 radical (unpaired) electrons. The summed E-state index contributed by atoms with van der Waals surface area (Å²) in [5, 5.41) is 0. The van der Waals surface area contributed by atoms with Crippen LogP contribution < -0.4 is 5.73 Å². The fraction of sp³-hybridized carbons (Fsp3) is 1.00. The van der Waals surface area contributed by atoms with Gasteiger partial charge >= 0.3 is 0 Å². The maximum atomic E-state index is 5.89. The van der Waals surface area contributed by atoms with Crippen LogP contribution in [-0.2, 0) is 0 Å². The summed E-state index contributed by atoms with van der Waals surface area (Å²) in [5.41, 5.74) is 5.89. The Hall–Kier alpha value is -0.120. The lowest BCUT2D eigenvalue weighted by atomic mass is 9.95. The molecule has 88 valence electrons. The van der Waals surface area contributed by atoms with Crippen LogP contribution in [0.5, 0.6) is 0 Å². The van der Waals surface area contributed by atoms with Crippen LogP contribution >= 0.6 is 0 Å². The lowest BCUT2D eigenvalue weighted by molar-refractivity contribution is 0.118. The summed E-state index contributed by atoms with van der Waals surface area (Å²) in [6.45, 7) is 6.40. The molecule has 0 aromatic heterocycles. The van der Waals surface area contributed by atoms with E-state index in [1.54, 1.807) is 0 Å². The number of hydrogen-bond donors (Lipinski definition) is 1. The van der Waals surface area contributed by atoms with E-state index >= 15 is 0 Å². The molecule has 3 nitrogen and oxygen atoms in total. The molecule has 2 aliphatic rings. The van der Waals surface area contributed by atoms with Crippen LogP contribution in [0.1, 0.15) is 25.7 Å². The lowest BCUT2D eigenvalue weighted by Gasteiger charge is -2.37. The lowest BCUT2D eigenvalue weighted by Crippen LogP contribution is -2.44. The van der Waals surface area contributed by atoms with E-state index < -0.39 is 0 Å². The summed E-state index contributed by atoms with van der Waals surface area (Å²) in [6, 6.07) is 0.474. The summed E-state index contributed by atoms with van der Waals surface area (Å²) >= 11 is 0. The van der Waals surface area contributed by atoms with Gasteiger partial charge in [-0.15, -0.1) is 0 Å². The first-order valence-corrected chi connectivity index (χ1v) is 6.40. The molecule has 0 amide bonds. The smallest absolute Gasteiger partial charge is 0.00631 e. The maximum Gasteiger partial charge on any atom is 0.00631 e. The Bertz CT molecular complexity index is 181. The summed E-state index contributed by atoms with van der Waals surface area (Å²) < 4.78 is 0. The quantitative estimate of drug-likeness (QED) is 0.745. The van der Waals surface area contributed by atoms with Gasteiger partial charge in [0.05, 0.1) is 0 Å². The van der Waals surface area contributed by atoms with Crippen molar-refractivity contribution < 1.29 is 0 Å². The van der Waals surface area contributed by atoms with E-state index in [4.69, 9.17) is 5.73 Å². The summed E-state index contributed by atoms with van der Waals surface area (Å²) in [5.74, 6) is 0.988. The van der Waals surface area contributed by atoms with Crippen molar-refractivity contribution in [2.45, 2.75) is 31.7 Å². The molecule has 2 rings (SSSR count). The average Bonchev–Trinajstić information content (AvgIpc) is 2.18. The molecule has 0 aromatic carbocycles. The maximum absolute atomic E-state index is 5.89. The van der Waals surface area contributed by atoms with Gasteiger partial charge in [-0.3, -0.25) is 0 Å². The van der Waals surface area contributed by atoms with Crippen molar-refractivity contribution in [3.05, 3.63) is 0 Å². The first kappa shape index (κ1) is 11.4. The van der Waals surface area contributed by atoms with Crippen LogP contribution in [-0.4, -0.2) is 55.6 Å². The van der Waals surface area contributed by atoms with Gasteiger partial charge in [0.15, 0.2) is 0 Å². The predicted octanol–water partition coefficient (Wildman–Crippen LogP) is 0.751. The predicted molar refractivity (Wildman–Crippen MR) is 63.9 cm³/mol. The second kappa shape index (κ2) is 5.28. The minimum atomic E-state index is 0.474. The summed E-state index contributed by atoms with van der Waals surface area (Å²) in [6.07, 6.45) is 5.21. The van der Waals surface area contributed by atoms with Gasteiger partial charge in [0.25, 0.3) is 0 Å². The highest BCUT2D eigenvalue weighted by atomic mass is 15.2.